The van der Waals surface area contributed by atoms with Crippen LogP contribution in [0.1, 0.15) is 10.6 Å². The Morgan fingerprint density at radius 1 is 1.25 bits per heavy atom. The van der Waals surface area contributed by atoms with Crippen LogP contribution in [0, 0.1) is 6.92 Å². The fraction of sp³-hybridized carbons (Fsp3) is 0.308. The summed E-state index contributed by atoms with van der Waals surface area (Å²) in [4.78, 5) is 5.11. The molecule has 0 aliphatic heterocycles. The lowest BCUT2D eigenvalue weighted by Crippen LogP contribution is -2.11. The van der Waals surface area contributed by atoms with E-state index in [0.29, 0.717) is 9.90 Å². The van der Waals surface area contributed by atoms with Gasteiger partial charge in [-0.2, -0.15) is 0 Å². The molecule has 5 nitrogen and oxygen atoms in total. The fourth-order valence-corrected chi connectivity index (χ4v) is 4.02. The highest BCUT2D eigenvalue weighted by atomic mass is 32.2. The van der Waals surface area contributed by atoms with Crippen LogP contribution in [0.3, 0.4) is 0 Å². The normalized spacial score (nSPS) is 11.5. The molecule has 0 fully saturated rings. The molecule has 0 aromatic carbocycles. The first kappa shape index (κ1) is 15.0. The summed E-state index contributed by atoms with van der Waals surface area (Å²) in [5, 5.41) is 3.04. The molecule has 7 heteroatoms. The number of anilines is 1. The van der Waals surface area contributed by atoms with Crippen LogP contribution in [0.25, 0.3) is 0 Å². The molecule has 0 radical (unpaired) electrons. The molecule has 108 valence electrons. The van der Waals surface area contributed by atoms with E-state index in [1.54, 1.807) is 18.2 Å². The molecule has 0 unspecified atom stereocenters. The van der Waals surface area contributed by atoms with Crippen LogP contribution >= 0.6 is 11.3 Å². The Bertz CT molecular complexity index is 663. The molecule has 0 saturated carbocycles. The zero-order valence-electron chi connectivity index (χ0n) is 11.4. The highest BCUT2D eigenvalue weighted by Crippen LogP contribution is 2.24. The number of sulfonamides is 1. The van der Waals surface area contributed by atoms with Gasteiger partial charge in [0.05, 0.1) is 11.9 Å². The monoisotopic (exact) mass is 311 g/mol. The predicted octanol–water partition coefficient (Wildman–Crippen LogP) is 2.01. The molecule has 0 atom stereocenters. The molecule has 2 heterocycles. The zero-order valence-corrected chi connectivity index (χ0v) is 13.0. The predicted molar refractivity (Wildman–Crippen MR) is 81.7 cm³/mol. The number of aromatic nitrogens is 1. The van der Waals surface area contributed by atoms with Gasteiger partial charge in [-0.15, -0.1) is 11.3 Å². The zero-order chi connectivity index (χ0) is 14.6. The van der Waals surface area contributed by atoms with Crippen molar-refractivity contribution < 1.29 is 8.42 Å². The maximum Gasteiger partial charge on any atom is 0.271 e. The first-order valence-electron chi connectivity index (χ1n) is 6.20. The van der Waals surface area contributed by atoms with E-state index in [4.69, 9.17) is 0 Å². The van der Waals surface area contributed by atoms with Crippen LogP contribution in [-0.2, 0) is 16.4 Å². The SMILES string of the molecule is CNCCc1ccc(S(=O)(=O)Nc2ccc(C)nc2)s1. The van der Waals surface area contributed by atoms with Gasteiger partial charge in [0.15, 0.2) is 0 Å². The molecular weight excluding hydrogens is 294 g/mol. The van der Waals surface area contributed by atoms with Gasteiger partial charge in [0.2, 0.25) is 0 Å². The van der Waals surface area contributed by atoms with Crippen molar-refractivity contribution in [3.8, 4) is 0 Å². The lowest BCUT2D eigenvalue weighted by molar-refractivity contribution is 0.603. The molecule has 0 aliphatic rings. The lowest BCUT2D eigenvalue weighted by Gasteiger charge is -2.05. The van der Waals surface area contributed by atoms with E-state index in [9.17, 15) is 8.42 Å². The van der Waals surface area contributed by atoms with Gasteiger partial charge in [-0.1, -0.05) is 0 Å². The second kappa shape index (κ2) is 6.34. The summed E-state index contributed by atoms with van der Waals surface area (Å²) in [6.45, 7) is 2.68. The third-order valence-corrected chi connectivity index (χ3v) is 5.70. The third-order valence-electron chi connectivity index (χ3n) is 2.69. The molecule has 20 heavy (non-hydrogen) atoms. The molecule has 2 rings (SSSR count). The average Bonchev–Trinajstić information content (AvgIpc) is 2.88. The topological polar surface area (TPSA) is 71.1 Å². The Hall–Kier alpha value is -1.44. The highest BCUT2D eigenvalue weighted by molar-refractivity contribution is 7.94. The molecule has 0 aliphatic carbocycles. The molecule has 2 aromatic heterocycles. The van der Waals surface area contributed by atoms with E-state index < -0.39 is 10.0 Å². The quantitative estimate of drug-likeness (QED) is 0.856. The number of nitrogens with zero attached hydrogens (tertiary/aromatic N) is 1. The third kappa shape index (κ3) is 3.78. The molecule has 0 amide bonds. The van der Waals surface area contributed by atoms with Crippen molar-refractivity contribution in [3.05, 3.63) is 41.0 Å². The lowest BCUT2D eigenvalue weighted by atomic mass is 10.3. The van der Waals surface area contributed by atoms with E-state index in [0.717, 1.165) is 23.5 Å². The number of aryl methyl sites for hydroxylation is 1. The van der Waals surface area contributed by atoms with Crippen molar-refractivity contribution in [1.29, 1.82) is 0 Å². The van der Waals surface area contributed by atoms with Crippen molar-refractivity contribution in [2.45, 2.75) is 17.6 Å². The van der Waals surface area contributed by atoms with Gasteiger partial charge in [0, 0.05) is 10.6 Å². The minimum absolute atomic E-state index is 0.323. The van der Waals surface area contributed by atoms with Gasteiger partial charge >= 0.3 is 0 Å². The van der Waals surface area contributed by atoms with Crippen molar-refractivity contribution in [3.63, 3.8) is 0 Å². The van der Waals surface area contributed by atoms with Crippen LogP contribution in [0.15, 0.2) is 34.7 Å². The highest BCUT2D eigenvalue weighted by Gasteiger charge is 2.17. The number of hydrogen-bond donors (Lipinski definition) is 2. The summed E-state index contributed by atoms with van der Waals surface area (Å²) in [7, 11) is -1.65. The Kier molecular flexibility index (Phi) is 4.74. The summed E-state index contributed by atoms with van der Waals surface area (Å²) in [6, 6.07) is 6.96. The molecule has 0 bridgehead atoms. The van der Waals surface area contributed by atoms with Crippen LogP contribution in [-0.4, -0.2) is 27.0 Å². The second-order valence-electron chi connectivity index (χ2n) is 4.37. The second-order valence-corrected chi connectivity index (χ2v) is 7.45. The van der Waals surface area contributed by atoms with Gasteiger partial charge < -0.3 is 5.32 Å². The molecular formula is C13H17N3O2S2. The minimum Gasteiger partial charge on any atom is -0.319 e. The van der Waals surface area contributed by atoms with Crippen LogP contribution in [0.5, 0.6) is 0 Å². The van der Waals surface area contributed by atoms with E-state index in [2.05, 4.69) is 15.0 Å². The van der Waals surface area contributed by atoms with Crippen LogP contribution in [0.2, 0.25) is 0 Å². The van der Waals surface area contributed by atoms with Crippen LogP contribution in [0.4, 0.5) is 5.69 Å². The maximum atomic E-state index is 12.2. The molecule has 2 N–H and O–H groups in total. The van der Waals surface area contributed by atoms with Gasteiger partial charge in [-0.3, -0.25) is 9.71 Å². The summed E-state index contributed by atoms with van der Waals surface area (Å²) in [5.41, 5.74) is 1.32. The first-order chi connectivity index (χ1) is 9.51. The Balaban J connectivity index is 2.13. The van der Waals surface area contributed by atoms with Crippen molar-refractivity contribution in [1.82, 2.24) is 10.3 Å². The maximum absolute atomic E-state index is 12.2. The van der Waals surface area contributed by atoms with E-state index in [1.807, 2.05) is 20.0 Å². The minimum atomic E-state index is -3.52. The van der Waals surface area contributed by atoms with Crippen LogP contribution < -0.4 is 10.0 Å². The smallest absolute Gasteiger partial charge is 0.271 e. The Morgan fingerprint density at radius 3 is 2.70 bits per heavy atom. The summed E-state index contributed by atoms with van der Waals surface area (Å²) >= 11 is 1.29. The first-order valence-corrected chi connectivity index (χ1v) is 8.50. The number of rotatable bonds is 6. The molecule has 2 aromatic rings. The van der Waals surface area contributed by atoms with Gasteiger partial charge in [-0.05, 0) is 51.2 Å². The van der Waals surface area contributed by atoms with E-state index in [-0.39, 0.29) is 0 Å². The molecule has 0 saturated heterocycles. The van der Waals surface area contributed by atoms with E-state index in [1.165, 1.54) is 17.5 Å². The number of pyridine rings is 1. The average molecular weight is 311 g/mol. The Labute approximate surface area is 123 Å². The van der Waals surface area contributed by atoms with Crippen molar-refractivity contribution in [2.75, 3.05) is 18.3 Å². The Morgan fingerprint density at radius 2 is 2.05 bits per heavy atom. The number of hydrogen-bond acceptors (Lipinski definition) is 5. The molecule has 0 spiro atoms. The largest absolute Gasteiger partial charge is 0.319 e. The van der Waals surface area contributed by atoms with Gasteiger partial charge in [0.25, 0.3) is 10.0 Å². The summed E-state index contributed by atoms with van der Waals surface area (Å²) in [6.07, 6.45) is 2.34. The van der Waals surface area contributed by atoms with Crippen molar-refractivity contribution in [2.24, 2.45) is 0 Å². The number of likely N-dealkylation sites (N-methyl/N-ethyl adjacent to an activating group) is 1. The standard InChI is InChI=1S/C13H17N3O2S2/c1-10-3-4-11(9-15-10)16-20(17,18)13-6-5-12(19-13)7-8-14-2/h3-6,9,14,16H,7-8H2,1-2H3. The fourth-order valence-electron chi connectivity index (χ4n) is 1.62. The van der Waals surface area contributed by atoms with E-state index >= 15 is 0 Å². The van der Waals surface area contributed by atoms with Gasteiger partial charge in [-0.25, -0.2) is 8.42 Å². The number of thiophene rings is 1. The van der Waals surface area contributed by atoms with Gasteiger partial charge in [0.1, 0.15) is 4.21 Å². The van der Waals surface area contributed by atoms with Crippen molar-refractivity contribution >= 4 is 27.0 Å². The number of nitrogens with one attached hydrogen (secondary N) is 2. The summed E-state index contributed by atoms with van der Waals surface area (Å²) < 4.78 is 27.3. The summed E-state index contributed by atoms with van der Waals surface area (Å²) in [5.74, 6) is 0.